The maximum absolute atomic E-state index is 13.7. The predicted molar refractivity (Wildman–Crippen MR) is 60.3 cm³/mol. The van der Waals surface area contributed by atoms with E-state index in [1.165, 1.54) is 0 Å². The molecule has 2 rings (SSSR count). The van der Waals surface area contributed by atoms with E-state index in [2.05, 4.69) is 4.74 Å². The zero-order chi connectivity index (χ0) is 14.2. The average Bonchev–Trinajstić information content (AvgIpc) is 2.33. The highest BCUT2D eigenvalue weighted by Crippen LogP contribution is 2.38. The lowest BCUT2D eigenvalue weighted by atomic mass is 9.99. The third-order valence-electron chi connectivity index (χ3n) is 2.58. The molecular formula is C10H7ClF2N2O4. The molecule has 0 saturated carbocycles. The number of hydrogen-bond acceptors (Lipinski definition) is 4. The second-order valence-corrected chi connectivity index (χ2v) is 4.28. The second kappa shape index (κ2) is 4.61. The summed E-state index contributed by atoms with van der Waals surface area (Å²) in [5.74, 6) is -3.41. The molecule has 0 aromatic heterocycles. The number of nitrogens with zero attached hydrogens (tertiary/aromatic N) is 1. The quantitative estimate of drug-likeness (QED) is 0.671. The third-order valence-corrected chi connectivity index (χ3v) is 2.93. The molecule has 1 saturated heterocycles. The summed E-state index contributed by atoms with van der Waals surface area (Å²) in [5, 5.41) is 12.4. The maximum atomic E-state index is 13.7. The van der Waals surface area contributed by atoms with E-state index in [4.69, 9.17) is 11.6 Å². The minimum Gasteiger partial charge on any atom is -0.443 e. The largest absolute Gasteiger partial charge is 0.443 e. The summed E-state index contributed by atoms with van der Waals surface area (Å²) in [5.41, 5.74) is -0.617. The maximum Gasteiger partial charge on any atom is 0.408 e. The smallest absolute Gasteiger partial charge is 0.408 e. The van der Waals surface area contributed by atoms with Gasteiger partial charge in [0.1, 0.15) is 6.04 Å². The van der Waals surface area contributed by atoms with Crippen LogP contribution in [0, 0.1) is 10.1 Å². The van der Waals surface area contributed by atoms with Gasteiger partial charge in [-0.3, -0.25) is 10.1 Å². The van der Waals surface area contributed by atoms with Crippen molar-refractivity contribution in [2.24, 2.45) is 0 Å². The van der Waals surface area contributed by atoms with Crippen LogP contribution in [-0.2, 0) is 4.74 Å². The van der Waals surface area contributed by atoms with Crippen molar-refractivity contribution in [2.45, 2.75) is 12.0 Å². The number of benzene rings is 1. The molecule has 1 fully saturated rings. The SMILES string of the molecule is O=C1N[C@@H](c2cc([N+](=O)[O-])ccc2Cl)C(F)(F)CO1. The number of nitro benzene ring substituents is 1. The number of carbonyl (C=O) groups excluding carboxylic acids is 1. The number of halogens is 3. The van der Waals surface area contributed by atoms with Crippen molar-refractivity contribution in [1.82, 2.24) is 5.32 Å². The van der Waals surface area contributed by atoms with Crippen LogP contribution in [0.3, 0.4) is 0 Å². The Hall–Kier alpha value is -1.96. The van der Waals surface area contributed by atoms with Gasteiger partial charge in [-0.2, -0.15) is 0 Å². The first kappa shape index (κ1) is 13.5. The Morgan fingerprint density at radius 2 is 2.21 bits per heavy atom. The van der Waals surface area contributed by atoms with Crippen molar-refractivity contribution in [3.05, 3.63) is 38.9 Å². The van der Waals surface area contributed by atoms with E-state index in [-0.39, 0.29) is 10.6 Å². The van der Waals surface area contributed by atoms with Gasteiger partial charge in [0.2, 0.25) is 0 Å². The number of hydrogen-bond donors (Lipinski definition) is 1. The number of carbonyl (C=O) groups is 1. The normalized spacial score (nSPS) is 21.4. The first-order valence-corrected chi connectivity index (χ1v) is 5.44. The Bertz CT molecular complexity index is 552. The standard InChI is InChI=1S/C10H7ClF2N2O4/c11-7-2-1-5(15(17)18)3-6(7)8-10(12,13)4-19-9(16)14-8/h1-3,8H,4H2,(H,14,16)/t8-/m0/s1. The highest BCUT2D eigenvalue weighted by molar-refractivity contribution is 6.31. The van der Waals surface area contributed by atoms with Crippen LogP contribution in [0.5, 0.6) is 0 Å². The fourth-order valence-corrected chi connectivity index (χ4v) is 1.91. The molecule has 1 aromatic carbocycles. The summed E-state index contributed by atoms with van der Waals surface area (Å²) in [4.78, 5) is 20.9. The minimum atomic E-state index is -3.41. The Morgan fingerprint density at radius 3 is 2.84 bits per heavy atom. The Morgan fingerprint density at radius 1 is 1.53 bits per heavy atom. The molecule has 0 radical (unpaired) electrons. The van der Waals surface area contributed by atoms with Crippen molar-refractivity contribution < 1.29 is 23.2 Å². The van der Waals surface area contributed by atoms with Crippen LogP contribution in [0.4, 0.5) is 19.3 Å². The second-order valence-electron chi connectivity index (χ2n) is 3.88. The molecule has 1 N–H and O–H groups in total. The highest BCUT2D eigenvalue weighted by atomic mass is 35.5. The van der Waals surface area contributed by atoms with Gasteiger partial charge in [0, 0.05) is 22.7 Å². The van der Waals surface area contributed by atoms with Gasteiger partial charge in [0.15, 0.2) is 6.61 Å². The van der Waals surface area contributed by atoms with E-state index in [9.17, 15) is 23.7 Å². The van der Waals surface area contributed by atoms with Gasteiger partial charge < -0.3 is 10.1 Å². The van der Waals surface area contributed by atoms with Crippen LogP contribution in [0.2, 0.25) is 5.02 Å². The van der Waals surface area contributed by atoms with E-state index >= 15 is 0 Å². The molecule has 102 valence electrons. The van der Waals surface area contributed by atoms with Gasteiger partial charge in [0.25, 0.3) is 5.69 Å². The summed E-state index contributed by atoms with van der Waals surface area (Å²) in [6, 6.07) is 1.37. The molecule has 0 aliphatic carbocycles. The van der Waals surface area contributed by atoms with Crippen molar-refractivity contribution >= 4 is 23.4 Å². The fourth-order valence-electron chi connectivity index (χ4n) is 1.68. The first-order chi connectivity index (χ1) is 8.81. The fraction of sp³-hybridized carbons (Fsp3) is 0.300. The van der Waals surface area contributed by atoms with Gasteiger partial charge in [-0.15, -0.1) is 0 Å². The summed E-state index contributed by atoms with van der Waals surface area (Å²) >= 11 is 5.76. The monoisotopic (exact) mass is 292 g/mol. The van der Waals surface area contributed by atoms with Gasteiger partial charge in [0.05, 0.1) is 4.92 Å². The number of nitro groups is 1. The van der Waals surface area contributed by atoms with E-state index in [0.717, 1.165) is 18.2 Å². The van der Waals surface area contributed by atoms with Gasteiger partial charge in [-0.1, -0.05) is 11.6 Å². The van der Waals surface area contributed by atoms with Crippen molar-refractivity contribution in [1.29, 1.82) is 0 Å². The lowest BCUT2D eigenvalue weighted by Gasteiger charge is -2.32. The molecule has 0 spiro atoms. The van der Waals surface area contributed by atoms with E-state index in [1.807, 2.05) is 5.32 Å². The minimum absolute atomic E-state index is 0.0996. The van der Waals surface area contributed by atoms with Gasteiger partial charge >= 0.3 is 12.0 Å². The average molecular weight is 293 g/mol. The number of alkyl halides is 2. The Kier molecular flexibility index (Phi) is 3.27. The number of non-ortho nitro benzene ring substituents is 1. The van der Waals surface area contributed by atoms with Crippen molar-refractivity contribution in [3.8, 4) is 0 Å². The van der Waals surface area contributed by atoms with Gasteiger partial charge in [-0.25, -0.2) is 13.6 Å². The number of ether oxygens (including phenoxy) is 1. The van der Waals surface area contributed by atoms with Gasteiger partial charge in [-0.05, 0) is 6.07 Å². The van der Waals surface area contributed by atoms with Crippen LogP contribution in [0.15, 0.2) is 18.2 Å². The number of amides is 1. The zero-order valence-electron chi connectivity index (χ0n) is 9.23. The molecule has 0 unspecified atom stereocenters. The predicted octanol–water partition coefficient (Wildman–Crippen LogP) is 2.66. The third kappa shape index (κ3) is 2.58. The molecule has 1 heterocycles. The molecule has 1 atom stereocenters. The van der Waals surface area contributed by atoms with Crippen LogP contribution in [-0.4, -0.2) is 23.5 Å². The van der Waals surface area contributed by atoms with E-state index < -0.39 is 35.3 Å². The summed E-state index contributed by atoms with van der Waals surface area (Å²) < 4.78 is 31.5. The molecule has 1 aliphatic heterocycles. The molecule has 1 aromatic rings. The molecule has 1 amide bonds. The molecular weight excluding hydrogens is 286 g/mol. The lowest BCUT2D eigenvalue weighted by Crippen LogP contribution is -2.49. The Balaban J connectivity index is 2.46. The molecule has 19 heavy (non-hydrogen) atoms. The van der Waals surface area contributed by atoms with Crippen LogP contribution in [0.1, 0.15) is 11.6 Å². The Labute approximate surface area is 110 Å². The first-order valence-electron chi connectivity index (χ1n) is 5.06. The van der Waals surface area contributed by atoms with Crippen LogP contribution < -0.4 is 5.32 Å². The number of rotatable bonds is 2. The summed E-state index contributed by atoms with van der Waals surface area (Å²) in [6.07, 6.45) is -1.03. The van der Waals surface area contributed by atoms with Crippen molar-refractivity contribution in [3.63, 3.8) is 0 Å². The number of cyclic esters (lactones) is 1. The van der Waals surface area contributed by atoms with Crippen LogP contribution >= 0.6 is 11.6 Å². The zero-order valence-corrected chi connectivity index (χ0v) is 9.99. The summed E-state index contributed by atoms with van der Waals surface area (Å²) in [7, 11) is 0. The molecule has 0 bridgehead atoms. The van der Waals surface area contributed by atoms with E-state index in [0.29, 0.717) is 0 Å². The summed E-state index contributed by atoms with van der Waals surface area (Å²) in [6.45, 7) is -1.11. The number of alkyl carbamates (subject to hydrolysis) is 1. The van der Waals surface area contributed by atoms with E-state index in [1.54, 1.807) is 0 Å². The number of nitrogens with one attached hydrogen (secondary N) is 1. The lowest BCUT2D eigenvalue weighted by molar-refractivity contribution is -0.385. The highest BCUT2D eigenvalue weighted by Gasteiger charge is 2.47. The van der Waals surface area contributed by atoms with Crippen LogP contribution in [0.25, 0.3) is 0 Å². The van der Waals surface area contributed by atoms with Crippen molar-refractivity contribution in [2.75, 3.05) is 6.61 Å². The molecule has 1 aliphatic rings. The molecule has 9 heteroatoms. The topological polar surface area (TPSA) is 81.5 Å². The molecule has 6 nitrogen and oxygen atoms in total.